The first-order valence-corrected chi connectivity index (χ1v) is 8.94. The molecule has 1 aliphatic heterocycles. The van der Waals surface area contributed by atoms with Gasteiger partial charge < -0.3 is 15.0 Å². The number of para-hydroxylation sites is 1. The number of amides is 1. The Morgan fingerprint density at radius 1 is 1.19 bits per heavy atom. The molecule has 1 amide bonds. The molecule has 0 saturated carbocycles. The van der Waals surface area contributed by atoms with E-state index in [1.165, 1.54) is 0 Å². The average Bonchev–Trinajstić information content (AvgIpc) is 3.19. The maximum Gasteiger partial charge on any atom is 0.264 e. The van der Waals surface area contributed by atoms with Crippen LogP contribution < -0.4 is 15.0 Å². The fourth-order valence-corrected chi connectivity index (χ4v) is 3.11. The van der Waals surface area contributed by atoms with Gasteiger partial charge in [-0.15, -0.1) is 0 Å². The third kappa shape index (κ3) is 4.84. The highest BCUT2D eigenvalue weighted by molar-refractivity contribution is 5.94. The summed E-state index contributed by atoms with van der Waals surface area (Å²) in [5, 5.41) is 12.3. The number of nitrogens with one attached hydrogen (secondary N) is 1. The van der Waals surface area contributed by atoms with Crippen molar-refractivity contribution in [1.29, 1.82) is 5.26 Å². The molecule has 3 rings (SSSR count). The van der Waals surface area contributed by atoms with Crippen molar-refractivity contribution in [2.24, 2.45) is 0 Å². The molecule has 1 N–H and O–H groups in total. The van der Waals surface area contributed by atoms with E-state index in [1.807, 2.05) is 54.6 Å². The molecule has 0 radical (unpaired) electrons. The molecule has 134 valence electrons. The monoisotopic (exact) mass is 349 g/mol. The second-order valence-electron chi connectivity index (χ2n) is 6.40. The van der Waals surface area contributed by atoms with Crippen molar-refractivity contribution in [2.75, 3.05) is 24.6 Å². The first-order chi connectivity index (χ1) is 12.8. The van der Waals surface area contributed by atoms with Crippen molar-refractivity contribution < 1.29 is 9.53 Å². The van der Waals surface area contributed by atoms with Gasteiger partial charge in [0.15, 0.2) is 6.61 Å². The van der Waals surface area contributed by atoms with Crippen LogP contribution in [0.4, 0.5) is 5.69 Å². The lowest BCUT2D eigenvalue weighted by Gasteiger charge is -2.26. The van der Waals surface area contributed by atoms with E-state index < -0.39 is 0 Å². The van der Waals surface area contributed by atoms with E-state index in [9.17, 15) is 4.79 Å². The predicted octanol–water partition coefficient (Wildman–Crippen LogP) is 2.92. The first kappa shape index (κ1) is 18.0. The lowest BCUT2D eigenvalue weighted by Crippen LogP contribution is -2.43. The summed E-state index contributed by atoms with van der Waals surface area (Å²) in [6.07, 6.45) is 2.57. The highest BCUT2D eigenvalue weighted by Crippen LogP contribution is 2.19. The van der Waals surface area contributed by atoms with Crippen molar-refractivity contribution in [3.05, 3.63) is 60.2 Å². The van der Waals surface area contributed by atoms with Gasteiger partial charge in [0.2, 0.25) is 0 Å². The summed E-state index contributed by atoms with van der Waals surface area (Å²) in [5.41, 5.74) is 1.78. The number of ether oxygens (including phenoxy) is 1. The van der Waals surface area contributed by atoms with E-state index in [2.05, 4.69) is 11.4 Å². The van der Waals surface area contributed by atoms with Crippen LogP contribution in [0.25, 0.3) is 0 Å². The van der Waals surface area contributed by atoms with Crippen LogP contribution in [-0.2, 0) is 11.2 Å². The molecule has 1 heterocycles. The first-order valence-electron chi connectivity index (χ1n) is 8.94. The highest BCUT2D eigenvalue weighted by Gasteiger charge is 2.23. The zero-order chi connectivity index (χ0) is 18.2. The van der Waals surface area contributed by atoms with Gasteiger partial charge in [-0.1, -0.05) is 30.3 Å². The van der Waals surface area contributed by atoms with E-state index in [4.69, 9.17) is 10.00 Å². The summed E-state index contributed by atoms with van der Waals surface area (Å²) < 4.78 is 5.64. The quantitative estimate of drug-likeness (QED) is 0.835. The Labute approximate surface area is 154 Å². The van der Waals surface area contributed by atoms with Gasteiger partial charge in [-0.25, -0.2) is 0 Å². The van der Waals surface area contributed by atoms with Crippen LogP contribution in [0.1, 0.15) is 18.4 Å². The SMILES string of the molecule is N#CCc1ccc(N(C[C@H]2CCCN2)C(=O)COc2ccccc2)cc1. The third-order valence-corrected chi connectivity index (χ3v) is 4.50. The number of carbonyl (C=O) groups is 1. The van der Waals surface area contributed by atoms with Crippen LogP contribution in [0, 0.1) is 11.3 Å². The van der Waals surface area contributed by atoms with E-state index in [-0.39, 0.29) is 12.5 Å². The van der Waals surface area contributed by atoms with Crippen molar-refractivity contribution in [3.63, 3.8) is 0 Å². The van der Waals surface area contributed by atoms with Crippen LogP contribution in [0.5, 0.6) is 5.75 Å². The van der Waals surface area contributed by atoms with Crippen LogP contribution in [0.15, 0.2) is 54.6 Å². The van der Waals surface area contributed by atoms with Crippen molar-refractivity contribution >= 4 is 11.6 Å². The maximum absolute atomic E-state index is 12.8. The zero-order valence-electron chi connectivity index (χ0n) is 14.7. The van der Waals surface area contributed by atoms with Crippen LogP contribution >= 0.6 is 0 Å². The number of rotatable bonds is 7. The van der Waals surface area contributed by atoms with Crippen molar-refractivity contribution in [2.45, 2.75) is 25.3 Å². The minimum atomic E-state index is -0.0735. The molecule has 0 aliphatic carbocycles. The zero-order valence-corrected chi connectivity index (χ0v) is 14.7. The van der Waals surface area contributed by atoms with E-state index >= 15 is 0 Å². The molecular weight excluding hydrogens is 326 g/mol. The Hall–Kier alpha value is -2.84. The van der Waals surface area contributed by atoms with Gasteiger partial charge in [-0.2, -0.15) is 5.26 Å². The van der Waals surface area contributed by atoms with Gasteiger partial charge in [0, 0.05) is 18.3 Å². The molecule has 2 aromatic carbocycles. The number of hydrogen-bond donors (Lipinski definition) is 1. The Morgan fingerprint density at radius 2 is 1.96 bits per heavy atom. The topological polar surface area (TPSA) is 65.4 Å². The number of nitriles is 1. The molecule has 0 aromatic heterocycles. The maximum atomic E-state index is 12.8. The Kier molecular flexibility index (Phi) is 6.24. The van der Waals surface area contributed by atoms with Crippen molar-refractivity contribution in [1.82, 2.24) is 5.32 Å². The molecule has 2 aromatic rings. The van der Waals surface area contributed by atoms with Gasteiger partial charge >= 0.3 is 0 Å². The van der Waals surface area contributed by atoms with E-state index in [0.29, 0.717) is 24.8 Å². The number of carbonyl (C=O) groups excluding carboxylic acids is 1. The summed E-state index contributed by atoms with van der Waals surface area (Å²) in [6.45, 7) is 1.61. The molecule has 1 saturated heterocycles. The standard InChI is InChI=1S/C21H23N3O2/c22-13-12-17-8-10-19(11-9-17)24(15-18-5-4-14-23-18)21(25)16-26-20-6-2-1-3-7-20/h1-3,6-11,18,23H,4-5,12,14-16H2/t18-/m1/s1. The predicted molar refractivity (Wildman–Crippen MR) is 101 cm³/mol. The largest absolute Gasteiger partial charge is 0.484 e. The lowest BCUT2D eigenvalue weighted by atomic mass is 10.1. The number of anilines is 1. The summed E-state index contributed by atoms with van der Waals surface area (Å²) in [5.74, 6) is 0.611. The number of hydrogen-bond acceptors (Lipinski definition) is 4. The van der Waals surface area contributed by atoms with E-state index in [1.54, 1.807) is 4.90 Å². The molecule has 26 heavy (non-hydrogen) atoms. The fourth-order valence-electron chi connectivity index (χ4n) is 3.11. The number of benzene rings is 2. The smallest absolute Gasteiger partial charge is 0.264 e. The van der Waals surface area contributed by atoms with E-state index in [0.717, 1.165) is 30.6 Å². The summed E-state index contributed by atoms with van der Waals surface area (Å²) in [4.78, 5) is 14.6. The van der Waals surface area contributed by atoms with Gasteiger partial charge in [-0.3, -0.25) is 4.79 Å². The molecule has 0 spiro atoms. The lowest BCUT2D eigenvalue weighted by molar-refractivity contribution is -0.120. The molecule has 1 aliphatic rings. The molecule has 1 fully saturated rings. The molecule has 0 unspecified atom stereocenters. The Balaban J connectivity index is 1.71. The van der Waals surface area contributed by atoms with Gasteiger partial charge in [-0.05, 0) is 49.2 Å². The number of nitrogens with zero attached hydrogens (tertiary/aromatic N) is 2. The molecule has 5 nitrogen and oxygen atoms in total. The van der Waals surface area contributed by atoms with Crippen molar-refractivity contribution in [3.8, 4) is 11.8 Å². The van der Waals surface area contributed by atoms with Gasteiger partial charge in [0.25, 0.3) is 5.91 Å². The molecule has 0 bridgehead atoms. The minimum Gasteiger partial charge on any atom is -0.484 e. The van der Waals surface area contributed by atoms with Gasteiger partial charge in [0.05, 0.1) is 12.5 Å². The Morgan fingerprint density at radius 3 is 2.62 bits per heavy atom. The normalized spacial score (nSPS) is 16.0. The Bertz CT molecular complexity index is 747. The summed E-state index contributed by atoms with van der Waals surface area (Å²) in [7, 11) is 0. The molecule has 5 heteroatoms. The second kappa shape index (κ2) is 9.02. The van der Waals surface area contributed by atoms with Crippen LogP contribution in [0.2, 0.25) is 0 Å². The highest BCUT2D eigenvalue weighted by atomic mass is 16.5. The van der Waals surface area contributed by atoms with Crippen LogP contribution in [0.3, 0.4) is 0 Å². The third-order valence-electron chi connectivity index (χ3n) is 4.50. The van der Waals surface area contributed by atoms with Crippen LogP contribution in [-0.4, -0.2) is 31.6 Å². The second-order valence-corrected chi connectivity index (χ2v) is 6.40. The fraction of sp³-hybridized carbons (Fsp3) is 0.333. The average molecular weight is 349 g/mol. The molecule has 1 atom stereocenters. The minimum absolute atomic E-state index is 0.00329. The summed E-state index contributed by atoms with van der Waals surface area (Å²) >= 11 is 0. The summed E-state index contributed by atoms with van der Waals surface area (Å²) in [6, 6.07) is 19.4. The van der Waals surface area contributed by atoms with Gasteiger partial charge in [0.1, 0.15) is 5.75 Å². The molecular formula is C21H23N3O2.